The van der Waals surface area contributed by atoms with Crippen molar-refractivity contribution < 1.29 is 9.53 Å². The average molecular weight is 132 g/mol. The highest BCUT2D eigenvalue weighted by molar-refractivity contribution is 5.10. The van der Waals surface area contributed by atoms with Crippen molar-refractivity contribution in [3.05, 3.63) is 0 Å². The van der Waals surface area contributed by atoms with Gasteiger partial charge in [0.1, 0.15) is 6.79 Å². The van der Waals surface area contributed by atoms with Crippen LogP contribution in [-0.4, -0.2) is 20.5 Å². The molecule has 0 N–H and O–H groups in total. The number of carbonyl (C=O) groups is 1. The summed E-state index contributed by atoms with van der Waals surface area (Å²) >= 11 is 0. The summed E-state index contributed by atoms with van der Waals surface area (Å²) in [5.41, 5.74) is 0.328. The van der Waals surface area contributed by atoms with E-state index in [1.165, 1.54) is 0 Å². The molecule has 0 saturated heterocycles. The molecule has 0 aliphatic rings. The summed E-state index contributed by atoms with van der Waals surface area (Å²) in [6.45, 7) is 9.29. The molecule has 0 spiro atoms. The zero-order valence-corrected chi connectivity index (χ0v) is 6.73. The highest BCUT2D eigenvalue weighted by Crippen LogP contribution is 2.11. The molecule has 0 saturated carbocycles. The molecular formula is C7H16O2. The molecule has 0 radical (unpaired) electrons. The maximum Gasteiger partial charge on any atom is 0.106 e. The Morgan fingerprint density at radius 1 is 1.33 bits per heavy atom. The van der Waals surface area contributed by atoms with Crippen molar-refractivity contribution in [1.29, 1.82) is 0 Å². The monoisotopic (exact) mass is 132 g/mol. The minimum absolute atomic E-state index is 0.328. The molecule has 0 atom stereocenters. The fourth-order valence-electron chi connectivity index (χ4n) is 0.433. The van der Waals surface area contributed by atoms with Gasteiger partial charge >= 0.3 is 0 Å². The van der Waals surface area contributed by atoms with Crippen LogP contribution in [0.2, 0.25) is 0 Å². The topological polar surface area (TPSA) is 26.3 Å². The van der Waals surface area contributed by atoms with Gasteiger partial charge in [-0.1, -0.05) is 20.8 Å². The van der Waals surface area contributed by atoms with Crippen molar-refractivity contribution in [2.45, 2.75) is 20.8 Å². The van der Waals surface area contributed by atoms with Crippen molar-refractivity contribution in [2.24, 2.45) is 5.41 Å². The van der Waals surface area contributed by atoms with Crippen LogP contribution >= 0.6 is 0 Å². The van der Waals surface area contributed by atoms with E-state index in [0.29, 0.717) is 5.41 Å². The van der Waals surface area contributed by atoms with Gasteiger partial charge in [0.05, 0.1) is 6.61 Å². The SMILES string of the molecule is C=O.COCC(C)(C)C. The lowest BCUT2D eigenvalue weighted by atomic mass is 9.99. The van der Waals surface area contributed by atoms with E-state index in [-0.39, 0.29) is 0 Å². The molecule has 0 unspecified atom stereocenters. The summed E-state index contributed by atoms with van der Waals surface area (Å²) in [6, 6.07) is 0. The van der Waals surface area contributed by atoms with Crippen LogP contribution in [0.4, 0.5) is 0 Å². The third-order valence-electron chi connectivity index (χ3n) is 0.577. The van der Waals surface area contributed by atoms with Crippen LogP contribution in [0.3, 0.4) is 0 Å². The van der Waals surface area contributed by atoms with Crippen molar-refractivity contribution in [3.63, 3.8) is 0 Å². The van der Waals surface area contributed by atoms with Crippen LogP contribution in [0, 0.1) is 5.41 Å². The molecule has 0 bridgehead atoms. The second-order valence-electron chi connectivity index (χ2n) is 2.99. The highest BCUT2D eigenvalue weighted by Gasteiger charge is 2.07. The highest BCUT2D eigenvalue weighted by atomic mass is 16.5. The van der Waals surface area contributed by atoms with Gasteiger partial charge in [0.15, 0.2) is 0 Å². The number of carbonyl (C=O) groups excluding carboxylic acids is 1. The fraction of sp³-hybridized carbons (Fsp3) is 0.857. The molecule has 0 heterocycles. The predicted molar refractivity (Wildman–Crippen MR) is 38.5 cm³/mol. The molecule has 0 aliphatic carbocycles. The lowest BCUT2D eigenvalue weighted by Crippen LogP contribution is -2.12. The smallest absolute Gasteiger partial charge is 0.106 e. The first-order chi connectivity index (χ1) is 4.06. The van der Waals surface area contributed by atoms with E-state index in [1.54, 1.807) is 7.11 Å². The minimum Gasteiger partial charge on any atom is -0.384 e. The summed E-state index contributed by atoms with van der Waals surface area (Å²) < 4.78 is 4.91. The quantitative estimate of drug-likeness (QED) is 0.540. The summed E-state index contributed by atoms with van der Waals surface area (Å²) in [4.78, 5) is 8.00. The second-order valence-corrected chi connectivity index (χ2v) is 2.99. The summed E-state index contributed by atoms with van der Waals surface area (Å²) in [5, 5.41) is 0. The Morgan fingerprint density at radius 3 is 1.67 bits per heavy atom. The van der Waals surface area contributed by atoms with E-state index in [1.807, 2.05) is 6.79 Å². The molecule has 0 aromatic rings. The van der Waals surface area contributed by atoms with Gasteiger partial charge in [0.2, 0.25) is 0 Å². The Hall–Kier alpha value is -0.370. The molecule has 2 heteroatoms. The van der Waals surface area contributed by atoms with Crippen LogP contribution in [0.15, 0.2) is 0 Å². The van der Waals surface area contributed by atoms with Gasteiger partial charge in [-0.3, -0.25) is 0 Å². The predicted octanol–water partition coefficient (Wildman–Crippen LogP) is 1.49. The van der Waals surface area contributed by atoms with Crippen molar-refractivity contribution in [3.8, 4) is 0 Å². The Morgan fingerprint density at radius 2 is 1.67 bits per heavy atom. The summed E-state index contributed by atoms with van der Waals surface area (Å²) in [5.74, 6) is 0. The Labute approximate surface area is 57.2 Å². The molecule has 56 valence electrons. The van der Waals surface area contributed by atoms with Crippen molar-refractivity contribution in [2.75, 3.05) is 13.7 Å². The minimum atomic E-state index is 0.328. The lowest BCUT2D eigenvalue weighted by molar-refractivity contribution is -0.0979. The molecule has 0 aliphatic heterocycles. The molecule has 2 nitrogen and oxygen atoms in total. The molecular weight excluding hydrogens is 116 g/mol. The van der Waals surface area contributed by atoms with Gasteiger partial charge < -0.3 is 9.53 Å². The Kier molecular flexibility index (Phi) is 7.32. The maximum atomic E-state index is 8.00. The fourth-order valence-corrected chi connectivity index (χ4v) is 0.433. The summed E-state index contributed by atoms with van der Waals surface area (Å²) in [6.07, 6.45) is 0. The maximum absolute atomic E-state index is 8.00. The van der Waals surface area contributed by atoms with Gasteiger partial charge in [-0.2, -0.15) is 0 Å². The van der Waals surface area contributed by atoms with E-state index >= 15 is 0 Å². The van der Waals surface area contributed by atoms with E-state index in [2.05, 4.69) is 20.8 Å². The van der Waals surface area contributed by atoms with Gasteiger partial charge in [0.25, 0.3) is 0 Å². The first-order valence-electron chi connectivity index (χ1n) is 2.84. The van der Waals surface area contributed by atoms with E-state index in [0.717, 1.165) is 6.61 Å². The standard InChI is InChI=1S/C6H14O.CH2O/c1-6(2,3)5-7-4;1-2/h5H2,1-4H3;1H2. The second kappa shape index (κ2) is 5.76. The molecule has 0 aromatic heterocycles. The summed E-state index contributed by atoms with van der Waals surface area (Å²) in [7, 11) is 1.73. The van der Waals surface area contributed by atoms with Crippen LogP contribution in [0.5, 0.6) is 0 Å². The van der Waals surface area contributed by atoms with Crippen LogP contribution in [0.1, 0.15) is 20.8 Å². The zero-order chi connectivity index (χ0) is 7.91. The van der Waals surface area contributed by atoms with Crippen LogP contribution in [0.25, 0.3) is 0 Å². The van der Waals surface area contributed by atoms with Gasteiger partial charge in [-0.05, 0) is 5.41 Å². The van der Waals surface area contributed by atoms with Crippen LogP contribution in [-0.2, 0) is 9.53 Å². The Balaban J connectivity index is 0. The third-order valence-corrected chi connectivity index (χ3v) is 0.577. The van der Waals surface area contributed by atoms with Gasteiger partial charge in [-0.15, -0.1) is 0 Å². The van der Waals surface area contributed by atoms with E-state index in [9.17, 15) is 0 Å². The Bertz CT molecular complexity index is 54.4. The lowest BCUT2D eigenvalue weighted by Gasteiger charge is -2.15. The molecule has 0 amide bonds. The largest absolute Gasteiger partial charge is 0.384 e. The molecule has 0 rings (SSSR count). The molecule has 0 fully saturated rings. The number of hydrogen-bond donors (Lipinski definition) is 0. The van der Waals surface area contributed by atoms with Crippen molar-refractivity contribution >= 4 is 6.79 Å². The van der Waals surface area contributed by atoms with E-state index < -0.39 is 0 Å². The van der Waals surface area contributed by atoms with Crippen molar-refractivity contribution in [1.82, 2.24) is 0 Å². The average Bonchev–Trinajstić information content (AvgIpc) is 1.69. The number of ether oxygens (including phenoxy) is 1. The number of rotatable bonds is 1. The molecule has 9 heavy (non-hydrogen) atoms. The van der Waals surface area contributed by atoms with Gasteiger partial charge in [-0.25, -0.2) is 0 Å². The zero-order valence-electron chi connectivity index (χ0n) is 6.73. The van der Waals surface area contributed by atoms with Gasteiger partial charge in [0, 0.05) is 7.11 Å². The number of methoxy groups -OCH3 is 1. The molecule has 0 aromatic carbocycles. The normalized spacial score (nSPS) is 9.78. The third kappa shape index (κ3) is 18.4. The first kappa shape index (κ1) is 11.4. The van der Waals surface area contributed by atoms with Crippen LogP contribution < -0.4 is 0 Å². The first-order valence-corrected chi connectivity index (χ1v) is 2.84. The number of hydrogen-bond acceptors (Lipinski definition) is 2. The van der Waals surface area contributed by atoms with E-state index in [4.69, 9.17) is 9.53 Å².